The fourth-order valence-electron chi connectivity index (χ4n) is 5.66. The molecule has 1 saturated heterocycles. The quantitative estimate of drug-likeness (QED) is 0.443. The van der Waals surface area contributed by atoms with Crippen LogP contribution in [-0.2, 0) is 20.7 Å². The lowest BCUT2D eigenvalue weighted by Crippen LogP contribution is -2.50. The third-order valence-corrected chi connectivity index (χ3v) is 7.80. The second kappa shape index (κ2) is 12.5. The summed E-state index contributed by atoms with van der Waals surface area (Å²) in [5, 5.41) is 4.23. The highest BCUT2D eigenvalue weighted by atomic mass is 19.1. The molecule has 2 aliphatic rings. The normalized spacial score (nSPS) is 17.8. The number of carbonyl (C=O) groups excluding carboxylic acids is 2. The number of amides is 2. The van der Waals surface area contributed by atoms with E-state index in [1.54, 1.807) is 17.0 Å². The number of ether oxygens (including phenoxy) is 1. The van der Waals surface area contributed by atoms with E-state index in [0.29, 0.717) is 31.9 Å². The maximum absolute atomic E-state index is 14.0. The summed E-state index contributed by atoms with van der Waals surface area (Å²) in [5.74, 6) is -0.695. The lowest BCUT2D eigenvalue weighted by Gasteiger charge is -2.35. The Bertz CT molecular complexity index is 1220. The molecule has 202 valence electrons. The summed E-state index contributed by atoms with van der Waals surface area (Å²) in [5.41, 5.74) is 2.49. The highest BCUT2D eigenvalue weighted by Gasteiger charge is 2.33. The van der Waals surface area contributed by atoms with Crippen molar-refractivity contribution in [2.24, 2.45) is 0 Å². The molecule has 8 heteroatoms. The number of halogens is 1. The molecule has 0 unspecified atom stereocenters. The van der Waals surface area contributed by atoms with Gasteiger partial charge in [-0.2, -0.15) is 0 Å². The predicted octanol–water partition coefficient (Wildman–Crippen LogP) is 4.20. The Morgan fingerprint density at radius 3 is 2.55 bits per heavy atom. The maximum atomic E-state index is 14.0. The number of nitrogens with one attached hydrogen (secondary N) is 2. The average molecular weight is 521 g/mol. The Hall–Kier alpha value is -3.23. The third-order valence-electron chi connectivity index (χ3n) is 7.80. The highest BCUT2D eigenvalue weighted by molar-refractivity contribution is 5.92. The Labute approximate surface area is 223 Å². The van der Waals surface area contributed by atoms with Crippen molar-refractivity contribution >= 4 is 22.7 Å². The van der Waals surface area contributed by atoms with E-state index in [4.69, 9.17) is 4.74 Å². The van der Waals surface area contributed by atoms with Crippen LogP contribution in [0.3, 0.4) is 0 Å². The monoisotopic (exact) mass is 520 g/mol. The number of para-hydroxylation sites is 1. The number of nitrogens with zero attached hydrogens (tertiary/aromatic N) is 2. The van der Waals surface area contributed by atoms with Gasteiger partial charge in [0.05, 0.1) is 19.6 Å². The molecule has 1 atom stereocenters. The molecule has 1 aliphatic carbocycles. The zero-order chi connectivity index (χ0) is 26.3. The predicted molar refractivity (Wildman–Crippen MR) is 145 cm³/mol. The van der Waals surface area contributed by atoms with Crippen LogP contribution in [0, 0.1) is 5.82 Å². The van der Waals surface area contributed by atoms with Gasteiger partial charge in [0.25, 0.3) is 0 Å². The zero-order valence-electron chi connectivity index (χ0n) is 21.8. The fraction of sp³-hybridized carbons (Fsp3) is 0.467. The van der Waals surface area contributed by atoms with Crippen molar-refractivity contribution in [3.8, 4) is 0 Å². The first-order chi connectivity index (χ1) is 18.6. The van der Waals surface area contributed by atoms with Gasteiger partial charge in [0.1, 0.15) is 11.9 Å². The number of aromatic nitrogens is 1. The van der Waals surface area contributed by atoms with Gasteiger partial charge in [-0.15, -0.1) is 0 Å². The molecule has 2 heterocycles. The number of hydrogen-bond acceptors (Lipinski definition) is 4. The van der Waals surface area contributed by atoms with E-state index in [2.05, 4.69) is 15.2 Å². The molecule has 0 spiro atoms. The van der Waals surface area contributed by atoms with Gasteiger partial charge in [-0.25, -0.2) is 4.39 Å². The molecule has 2 aromatic carbocycles. The number of carbonyl (C=O) groups is 2. The summed E-state index contributed by atoms with van der Waals surface area (Å²) in [6, 6.07) is 13.1. The summed E-state index contributed by atoms with van der Waals surface area (Å²) in [4.78, 5) is 35.1. The molecule has 2 fully saturated rings. The summed E-state index contributed by atoms with van der Waals surface area (Å²) in [7, 11) is 0. The minimum atomic E-state index is -0.837. The van der Waals surface area contributed by atoms with Gasteiger partial charge in [0.2, 0.25) is 11.8 Å². The second-order valence-electron chi connectivity index (χ2n) is 10.4. The van der Waals surface area contributed by atoms with Crippen molar-refractivity contribution in [3.63, 3.8) is 0 Å². The molecule has 0 radical (unpaired) electrons. The van der Waals surface area contributed by atoms with Crippen molar-refractivity contribution in [2.45, 2.75) is 50.6 Å². The number of morpholine rings is 1. The Morgan fingerprint density at radius 1 is 1.05 bits per heavy atom. The lowest BCUT2D eigenvalue weighted by molar-refractivity contribution is -0.141. The smallest absolute Gasteiger partial charge is 0.247 e. The van der Waals surface area contributed by atoms with Crippen LogP contribution in [0.1, 0.15) is 49.3 Å². The van der Waals surface area contributed by atoms with Gasteiger partial charge >= 0.3 is 0 Å². The first kappa shape index (κ1) is 26.4. The molecular formula is C30H37FN4O3. The standard InChI is InChI=1S/C30H37FN4O3/c31-24-12-10-22(11-13-24)29(30(37)33-25-6-2-1-3-7-25)35(15-14-34-16-18-38-19-17-34)28(36)20-23-21-32-27-9-5-4-8-26(23)27/h4-5,8-13,21,25,29,32H,1-3,6-7,14-20H2,(H,33,37)/t29-/m1/s1. The van der Waals surface area contributed by atoms with Crippen LogP contribution in [0.5, 0.6) is 0 Å². The van der Waals surface area contributed by atoms with Crippen LogP contribution >= 0.6 is 0 Å². The van der Waals surface area contributed by atoms with Crippen LogP contribution in [0.25, 0.3) is 10.9 Å². The summed E-state index contributed by atoms with van der Waals surface area (Å²) in [6.45, 7) is 3.93. The molecule has 1 aliphatic heterocycles. The minimum Gasteiger partial charge on any atom is -0.379 e. The molecule has 7 nitrogen and oxygen atoms in total. The zero-order valence-corrected chi connectivity index (χ0v) is 21.8. The van der Waals surface area contributed by atoms with E-state index >= 15 is 0 Å². The van der Waals surface area contributed by atoms with Crippen molar-refractivity contribution in [2.75, 3.05) is 39.4 Å². The van der Waals surface area contributed by atoms with E-state index in [1.165, 1.54) is 18.6 Å². The molecule has 3 aromatic rings. The number of rotatable bonds is 9. The largest absolute Gasteiger partial charge is 0.379 e. The van der Waals surface area contributed by atoms with Gasteiger partial charge in [-0.05, 0) is 42.2 Å². The lowest BCUT2D eigenvalue weighted by atomic mass is 9.94. The van der Waals surface area contributed by atoms with Crippen LogP contribution < -0.4 is 5.32 Å². The first-order valence-electron chi connectivity index (χ1n) is 13.8. The van der Waals surface area contributed by atoms with Crippen molar-refractivity contribution < 1.29 is 18.7 Å². The van der Waals surface area contributed by atoms with E-state index in [1.807, 2.05) is 30.5 Å². The number of hydrogen-bond donors (Lipinski definition) is 2. The third kappa shape index (κ3) is 6.42. The topological polar surface area (TPSA) is 77.7 Å². The number of H-pyrrole nitrogens is 1. The highest BCUT2D eigenvalue weighted by Crippen LogP contribution is 2.26. The van der Waals surface area contributed by atoms with Crippen LogP contribution in [0.2, 0.25) is 0 Å². The summed E-state index contributed by atoms with van der Waals surface area (Å²) >= 11 is 0. The van der Waals surface area contributed by atoms with Gasteiger partial charge < -0.3 is 19.9 Å². The second-order valence-corrected chi connectivity index (χ2v) is 10.4. The van der Waals surface area contributed by atoms with Crippen molar-refractivity contribution in [3.05, 3.63) is 71.7 Å². The van der Waals surface area contributed by atoms with Crippen molar-refractivity contribution in [1.82, 2.24) is 20.1 Å². The molecule has 0 bridgehead atoms. The molecule has 5 rings (SSSR count). The fourth-order valence-corrected chi connectivity index (χ4v) is 5.66. The minimum absolute atomic E-state index is 0.101. The van der Waals surface area contributed by atoms with Crippen LogP contribution in [-0.4, -0.2) is 72.0 Å². The molecule has 1 aromatic heterocycles. The van der Waals surface area contributed by atoms with E-state index in [9.17, 15) is 14.0 Å². The molecular weight excluding hydrogens is 483 g/mol. The Balaban J connectivity index is 1.44. The van der Waals surface area contributed by atoms with E-state index < -0.39 is 6.04 Å². The van der Waals surface area contributed by atoms with E-state index in [0.717, 1.165) is 55.2 Å². The van der Waals surface area contributed by atoms with Crippen molar-refractivity contribution in [1.29, 1.82) is 0 Å². The summed E-state index contributed by atoms with van der Waals surface area (Å²) < 4.78 is 19.4. The molecule has 1 saturated carbocycles. The molecule has 2 amide bonds. The van der Waals surface area contributed by atoms with Crippen LogP contribution in [0.15, 0.2) is 54.7 Å². The maximum Gasteiger partial charge on any atom is 0.247 e. The SMILES string of the molecule is O=C(NC1CCCCC1)[C@@H](c1ccc(F)cc1)N(CCN1CCOCC1)C(=O)Cc1c[nH]c2ccccc12. The number of benzene rings is 2. The first-order valence-corrected chi connectivity index (χ1v) is 13.8. The van der Waals surface area contributed by atoms with Gasteiger partial charge in [0.15, 0.2) is 0 Å². The Kier molecular flexibility index (Phi) is 8.71. The van der Waals surface area contributed by atoms with Crippen LogP contribution in [0.4, 0.5) is 4.39 Å². The number of fused-ring (bicyclic) bond motifs is 1. The average Bonchev–Trinajstić information content (AvgIpc) is 3.35. The number of aromatic amines is 1. The van der Waals surface area contributed by atoms with Gasteiger partial charge in [-0.3, -0.25) is 14.5 Å². The van der Waals surface area contributed by atoms with Gasteiger partial charge in [-0.1, -0.05) is 49.6 Å². The molecule has 2 N–H and O–H groups in total. The van der Waals surface area contributed by atoms with Gasteiger partial charge in [0, 0.05) is 49.3 Å². The van der Waals surface area contributed by atoms with E-state index in [-0.39, 0.29) is 30.1 Å². The Morgan fingerprint density at radius 2 is 1.79 bits per heavy atom. The molecule has 38 heavy (non-hydrogen) atoms. The summed E-state index contributed by atoms with van der Waals surface area (Å²) in [6.07, 6.45) is 7.29.